The van der Waals surface area contributed by atoms with E-state index in [0.29, 0.717) is 17.3 Å². The number of aryl methyl sites for hydroxylation is 1. The fourth-order valence-corrected chi connectivity index (χ4v) is 1.94. The number of nitrogens with zero attached hydrogens (tertiary/aromatic N) is 2. The van der Waals surface area contributed by atoms with Crippen molar-refractivity contribution in [3.05, 3.63) is 65.7 Å². The van der Waals surface area contributed by atoms with Gasteiger partial charge in [-0.1, -0.05) is 5.16 Å². The van der Waals surface area contributed by atoms with Crippen molar-refractivity contribution in [2.24, 2.45) is 0 Å². The molecule has 1 amide bonds. The van der Waals surface area contributed by atoms with Gasteiger partial charge < -0.3 is 15.2 Å². The molecule has 2 heterocycles. The zero-order valence-corrected chi connectivity index (χ0v) is 12.5. The van der Waals surface area contributed by atoms with Crippen LogP contribution in [0.3, 0.4) is 0 Å². The number of halogens is 2. The van der Waals surface area contributed by atoms with E-state index in [4.69, 9.17) is 4.52 Å². The molecule has 0 fully saturated rings. The number of carbonyl (C=O) groups is 1. The number of hydrogen-bond acceptors (Lipinski definition) is 5. The number of carbonyl (C=O) groups excluding carboxylic acids is 1. The first-order valence-corrected chi connectivity index (χ1v) is 6.94. The van der Waals surface area contributed by atoms with Gasteiger partial charge in [0.15, 0.2) is 17.5 Å². The average Bonchev–Trinajstić information content (AvgIpc) is 2.96. The monoisotopic (exact) mass is 330 g/mol. The highest BCUT2D eigenvalue weighted by Crippen LogP contribution is 2.17. The zero-order chi connectivity index (χ0) is 17.1. The molecular formula is C16H12F2N4O2. The lowest BCUT2D eigenvalue weighted by molar-refractivity contribution is 0.102. The highest BCUT2D eigenvalue weighted by Gasteiger charge is 2.10. The molecule has 3 aromatic rings. The minimum atomic E-state index is -1.04. The summed E-state index contributed by atoms with van der Waals surface area (Å²) >= 11 is 0. The SMILES string of the molecule is Cc1cc(Nc2ccc(C(=O)Nc3ccc(F)c(F)c3)nc2)no1. The molecule has 0 saturated carbocycles. The Kier molecular flexibility index (Phi) is 4.19. The minimum absolute atomic E-state index is 0.126. The maximum atomic E-state index is 13.1. The van der Waals surface area contributed by atoms with Crippen molar-refractivity contribution in [3.63, 3.8) is 0 Å². The molecule has 3 rings (SSSR count). The van der Waals surface area contributed by atoms with Gasteiger partial charge in [-0.05, 0) is 31.2 Å². The maximum absolute atomic E-state index is 13.1. The molecule has 6 nitrogen and oxygen atoms in total. The van der Waals surface area contributed by atoms with E-state index >= 15 is 0 Å². The molecule has 122 valence electrons. The Labute approximate surface area is 135 Å². The van der Waals surface area contributed by atoms with Gasteiger partial charge in [-0.15, -0.1) is 0 Å². The van der Waals surface area contributed by atoms with Crippen LogP contribution in [0.4, 0.5) is 26.0 Å². The number of pyridine rings is 1. The predicted molar refractivity (Wildman–Crippen MR) is 83.1 cm³/mol. The first-order valence-electron chi connectivity index (χ1n) is 6.94. The van der Waals surface area contributed by atoms with Crippen molar-refractivity contribution in [2.75, 3.05) is 10.6 Å². The van der Waals surface area contributed by atoms with Gasteiger partial charge in [0.25, 0.3) is 5.91 Å². The van der Waals surface area contributed by atoms with Gasteiger partial charge in [0.05, 0.1) is 11.9 Å². The summed E-state index contributed by atoms with van der Waals surface area (Å²) in [5, 5.41) is 9.19. The van der Waals surface area contributed by atoms with Crippen LogP contribution in [0.25, 0.3) is 0 Å². The van der Waals surface area contributed by atoms with E-state index < -0.39 is 17.5 Å². The summed E-state index contributed by atoms with van der Waals surface area (Å²) in [7, 11) is 0. The van der Waals surface area contributed by atoms with Crippen molar-refractivity contribution in [3.8, 4) is 0 Å². The fourth-order valence-electron chi connectivity index (χ4n) is 1.94. The molecule has 0 radical (unpaired) electrons. The second kappa shape index (κ2) is 6.45. The lowest BCUT2D eigenvalue weighted by Gasteiger charge is -2.06. The highest BCUT2D eigenvalue weighted by atomic mass is 19.2. The molecular weight excluding hydrogens is 318 g/mol. The summed E-state index contributed by atoms with van der Waals surface area (Å²) in [6, 6.07) is 7.94. The number of benzene rings is 1. The normalized spacial score (nSPS) is 10.5. The molecule has 2 aromatic heterocycles. The Morgan fingerprint density at radius 2 is 1.88 bits per heavy atom. The van der Waals surface area contributed by atoms with Crippen molar-refractivity contribution in [2.45, 2.75) is 6.92 Å². The molecule has 0 aliphatic carbocycles. The van der Waals surface area contributed by atoms with Gasteiger partial charge in [-0.3, -0.25) is 4.79 Å². The summed E-state index contributed by atoms with van der Waals surface area (Å²) in [5.74, 6) is -1.38. The smallest absolute Gasteiger partial charge is 0.274 e. The molecule has 0 unspecified atom stereocenters. The number of anilines is 3. The van der Waals surface area contributed by atoms with Gasteiger partial charge in [-0.25, -0.2) is 13.8 Å². The number of aromatic nitrogens is 2. The van der Waals surface area contributed by atoms with Crippen LogP contribution < -0.4 is 10.6 Å². The van der Waals surface area contributed by atoms with Gasteiger partial charge in [0.2, 0.25) is 0 Å². The summed E-state index contributed by atoms with van der Waals surface area (Å²) in [5.41, 5.74) is 0.885. The van der Waals surface area contributed by atoms with Crippen LogP contribution in [0, 0.1) is 18.6 Å². The van der Waals surface area contributed by atoms with Gasteiger partial charge in [0.1, 0.15) is 11.5 Å². The Bertz CT molecular complexity index is 878. The van der Waals surface area contributed by atoms with Crippen LogP contribution in [0.2, 0.25) is 0 Å². The Morgan fingerprint density at radius 3 is 2.50 bits per heavy atom. The topological polar surface area (TPSA) is 80.0 Å². The molecule has 0 saturated heterocycles. The first-order chi connectivity index (χ1) is 11.5. The molecule has 0 bridgehead atoms. The molecule has 0 atom stereocenters. The van der Waals surface area contributed by atoms with E-state index in [9.17, 15) is 13.6 Å². The zero-order valence-electron chi connectivity index (χ0n) is 12.5. The van der Waals surface area contributed by atoms with E-state index in [1.165, 1.54) is 18.3 Å². The standard InChI is InChI=1S/C16H12F2N4O2/c1-9-6-15(22-24-9)20-11-3-5-14(19-8-11)16(23)21-10-2-4-12(17)13(18)7-10/h2-8H,1H3,(H,20,22)(H,21,23). The molecule has 1 aromatic carbocycles. The first kappa shape index (κ1) is 15.6. The molecule has 24 heavy (non-hydrogen) atoms. The van der Waals surface area contributed by atoms with Gasteiger partial charge >= 0.3 is 0 Å². The predicted octanol–water partition coefficient (Wildman–Crippen LogP) is 3.65. The summed E-state index contributed by atoms with van der Waals surface area (Å²) < 4.78 is 30.9. The molecule has 0 aliphatic rings. The molecule has 0 spiro atoms. The largest absolute Gasteiger partial charge is 0.360 e. The van der Waals surface area contributed by atoms with E-state index in [0.717, 1.165) is 12.1 Å². The van der Waals surface area contributed by atoms with Crippen molar-refractivity contribution in [1.82, 2.24) is 10.1 Å². The average molecular weight is 330 g/mol. The second-order valence-corrected chi connectivity index (χ2v) is 4.96. The second-order valence-electron chi connectivity index (χ2n) is 4.96. The van der Waals surface area contributed by atoms with Crippen LogP contribution >= 0.6 is 0 Å². The third-order valence-electron chi connectivity index (χ3n) is 3.07. The van der Waals surface area contributed by atoms with Crippen LogP contribution in [0.15, 0.2) is 47.1 Å². The van der Waals surface area contributed by atoms with Crippen LogP contribution in [-0.4, -0.2) is 16.0 Å². The summed E-state index contributed by atoms with van der Waals surface area (Å²) in [6.07, 6.45) is 1.45. The molecule has 2 N–H and O–H groups in total. The Hall–Kier alpha value is -3.29. The van der Waals surface area contributed by atoms with Crippen LogP contribution in [0.1, 0.15) is 16.2 Å². The lowest BCUT2D eigenvalue weighted by atomic mass is 10.2. The van der Waals surface area contributed by atoms with Gasteiger partial charge in [-0.2, -0.15) is 0 Å². The van der Waals surface area contributed by atoms with Crippen molar-refractivity contribution < 1.29 is 18.1 Å². The fraction of sp³-hybridized carbons (Fsp3) is 0.0625. The van der Waals surface area contributed by atoms with Crippen LogP contribution in [0.5, 0.6) is 0 Å². The van der Waals surface area contributed by atoms with Crippen molar-refractivity contribution >= 4 is 23.1 Å². The van der Waals surface area contributed by atoms with E-state index in [-0.39, 0.29) is 11.4 Å². The van der Waals surface area contributed by atoms with Crippen molar-refractivity contribution in [1.29, 1.82) is 0 Å². The maximum Gasteiger partial charge on any atom is 0.274 e. The molecule has 0 aliphatic heterocycles. The summed E-state index contributed by atoms with van der Waals surface area (Å²) in [6.45, 7) is 1.77. The Balaban J connectivity index is 1.68. The number of amides is 1. The summed E-state index contributed by atoms with van der Waals surface area (Å²) in [4.78, 5) is 16.1. The third-order valence-corrected chi connectivity index (χ3v) is 3.07. The van der Waals surface area contributed by atoms with Gasteiger partial charge in [0, 0.05) is 17.8 Å². The lowest BCUT2D eigenvalue weighted by Crippen LogP contribution is -2.13. The number of rotatable bonds is 4. The Morgan fingerprint density at radius 1 is 1.08 bits per heavy atom. The highest BCUT2D eigenvalue weighted by molar-refractivity contribution is 6.02. The number of hydrogen-bond donors (Lipinski definition) is 2. The minimum Gasteiger partial charge on any atom is -0.360 e. The third kappa shape index (κ3) is 3.54. The number of nitrogens with one attached hydrogen (secondary N) is 2. The van der Waals surface area contributed by atoms with E-state index in [1.54, 1.807) is 19.1 Å². The quantitative estimate of drug-likeness (QED) is 0.763. The van der Waals surface area contributed by atoms with Crippen LogP contribution in [-0.2, 0) is 0 Å². The van der Waals surface area contributed by atoms with E-state index in [2.05, 4.69) is 20.8 Å². The molecule has 8 heteroatoms. The van der Waals surface area contributed by atoms with E-state index in [1.807, 2.05) is 0 Å².